The molecular weight excluding hydrogens is 482 g/mol. The molecule has 1 saturated heterocycles. The van der Waals surface area contributed by atoms with Crippen molar-refractivity contribution >= 4 is 33.2 Å². The number of hydrogen-bond donors (Lipinski definition) is 5. The molecule has 0 unspecified atom stereocenters. The van der Waals surface area contributed by atoms with Crippen molar-refractivity contribution in [2.45, 2.75) is 43.9 Å². The predicted molar refractivity (Wildman–Crippen MR) is 113 cm³/mol. The zero-order valence-corrected chi connectivity index (χ0v) is 19.3. The summed E-state index contributed by atoms with van der Waals surface area (Å²) in [7, 11) is -10.6. The van der Waals surface area contributed by atoms with Crippen LogP contribution >= 0.6 is 15.2 Å². The van der Waals surface area contributed by atoms with Gasteiger partial charge >= 0.3 is 27.3 Å². The lowest BCUT2D eigenvalue weighted by Gasteiger charge is -2.31. The minimum absolute atomic E-state index is 0.140. The number of carbonyl (C=O) groups is 3. The zero-order chi connectivity index (χ0) is 24.6. The first-order chi connectivity index (χ1) is 15.4. The number of carbonyl (C=O) groups excluding carboxylic acids is 3. The third kappa shape index (κ3) is 9.24. The maximum absolute atomic E-state index is 12.1. The van der Waals surface area contributed by atoms with Crippen LogP contribution in [0.5, 0.6) is 0 Å². The average molecular weight is 508 g/mol. The Morgan fingerprint density at radius 2 is 1.58 bits per heavy atom. The van der Waals surface area contributed by atoms with Gasteiger partial charge < -0.3 is 39.3 Å². The van der Waals surface area contributed by atoms with E-state index < -0.39 is 57.6 Å². The highest BCUT2D eigenvalue weighted by atomic mass is 31.2. The number of piperidine rings is 1. The van der Waals surface area contributed by atoms with Gasteiger partial charge in [0.1, 0.15) is 12.7 Å². The SMILES string of the molecule is O=C(CCC(=O)OC1CCN(C(=O)OCc2ccccc2)CC1)NC(P(=O)(O)O)P(=O)(O)O. The van der Waals surface area contributed by atoms with Gasteiger partial charge in [-0.2, -0.15) is 0 Å². The number of esters is 1. The molecule has 0 aliphatic carbocycles. The van der Waals surface area contributed by atoms with Crippen molar-refractivity contribution < 1.29 is 52.6 Å². The van der Waals surface area contributed by atoms with Gasteiger partial charge in [-0.3, -0.25) is 18.7 Å². The quantitative estimate of drug-likeness (QED) is 0.234. The number of nitrogens with one attached hydrogen (secondary N) is 1. The molecule has 33 heavy (non-hydrogen) atoms. The molecule has 1 aliphatic rings. The van der Waals surface area contributed by atoms with E-state index in [4.69, 9.17) is 29.0 Å². The van der Waals surface area contributed by atoms with Crippen LogP contribution in [0.1, 0.15) is 31.2 Å². The molecule has 0 saturated carbocycles. The maximum Gasteiger partial charge on any atom is 0.410 e. The topological polar surface area (TPSA) is 200 Å². The van der Waals surface area contributed by atoms with Gasteiger partial charge in [-0.25, -0.2) is 4.79 Å². The van der Waals surface area contributed by atoms with Gasteiger partial charge in [0.05, 0.1) is 6.42 Å². The minimum Gasteiger partial charge on any atom is -0.462 e. The van der Waals surface area contributed by atoms with E-state index in [1.165, 1.54) is 4.90 Å². The van der Waals surface area contributed by atoms with Gasteiger partial charge in [-0.15, -0.1) is 0 Å². The molecule has 1 aromatic carbocycles. The summed E-state index contributed by atoms with van der Waals surface area (Å²) in [4.78, 5) is 73.3. The second kappa shape index (κ2) is 11.7. The van der Waals surface area contributed by atoms with E-state index in [-0.39, 0.29) is 6.61 Å². The van der Waals surface area contributed by atoms with E-state index in [9.17, 15) is 23.5 Å². The lowest BCUT2D eigenvalue weighted by molar-refractivity contribution is -0.152. The standard InChI is InChI=1S/C18H26N2O11P2/c21-15(19-17(32(24,25)26)33(27,28)29)6-7-16(22)31-14-8-10-20(11-9-14)18(23)30-12-13-4-2-1-3-5-13/h1-5,14,17H,6-12H2,(H,19,21)(H2,24,25,26)(H2,27,28,29). The number of ether oxygens (including phenoxy) is 2. The van der Waals surface area contributed by atoms with Gasteiger partial charge in [-0.1, -0.05) is 30.3 Å². The number of likely N-dealkylation sites (tertiary alicyclic amines) is 1. The predicted octanol–water partition coefficient (Wildman–Crippen LogP) is 0.866. The Morgan fingerprint density at radius 1 is 1.00 bits per heavy atom. The van der Waals surface area contributed by atoms with Crippen LogP contribution in [-0.4, -0.2) is 67.2 Å². The highest BCUT2D eigenvalue weighted by molar-refractivity contribution is 7.70. The molecule has 0 radical (unpaired) electrons. The van der Waals surface area contributed by atoms with Crippen LogP contribution in [0.2, 0.25) is 0 Å². The van der Waals surface area contributed by atoms with Gasteiger partial charge in [0, 0.05) is 32.4 Å². The van der Waals surface area contributed by atoms with Crippen molar-refractivity contribution in [3.63, 3.8) is 0 Å². The van der Waals surface area contributed by atoms with Crippen LogP contribution in [0.15, 0.2) is 30.3 Å². The van der Waals surface area contributed by atoms with Gasteiger partial charge in [0.25, 0.3) is 0 Å². The van der Waals surface area contributed by atoms with Crippen LogP contribution < -0.4 is 5.32 Å². The Labute approximate surface area is 189 Å². The largest absolute Gasteiger partial charge is 0.462 e. The van der Waals surface area contributed by atoms with Crippen molar-refractivity contribution in [3.8, 4) is 0 Å². The van der Waals surface area contributed by atoms with E-state index in [1.807, 2.05) is 30.3 Å². The number of hydrogen-bond acceptors (Lipinski definition) is 7. The highest BCUT2D eigenvalue weighted by Crippen LogP contribution is 2.58. The van der Waals surface area contributed by atoms with Crippen molar-refractivity contribution in [1.82, 2.24) is 10.2 Å². The molecule has 184 valence electrons. The Bertz CT molecular complexity index is 901. The second-order valence-electron chi connectivity index (χ2n) is 7.34. The van der Waals surface area contributed by atoms with Crippen LogP contribution in [-0.2, 0) is 34.8 Å². The first-order valence-corrected chi connectivity index (χ1v) is 13.3. The van der Waals surface area contributed by atoms with E-state index >= 15 is 0 Å². The highest BCUT2D eigenvalue weighted by Gasteiger charge is 2.44. The van der Waals surface area contributed by atoms with E-state index in [1.54, 1.807) is 5.32 Å². The smallest absolute Gasteiger partial charge is 0.410 e. The summed E-state index contributed by atoms with van der Waals surface area (Å²) in [5, 5.41) is 1.57. The fraction of sp³-hybridized carbons (Fsp3) is 0.500. The summed E-state index contributed by atoms with van der Waals surface area (Å²) in [6, 6.07) is 9.18. The Kier molecular flexibility index (Phi) is 9.59. The third-order valence-electron chi connectivity index (χ3n) is 4.69. The molecule has 1 heterocycles. The fourth-order valence-corrected chi connectivity index (χ4v) is 5.20. The Balaban J connectivity index is 1.70. The molecule has 0 atom stereocenters. The molecule has 1 aliphatic heterocycles. The molecule has 0 aromatic heterocycles. The molecule has 0 spiro atoms. The lowest BCUT2D eigenvalue weighted by atomic mass is 10.1. The third-order valence-corrected chi connectivity index (χ3v) is 8.02. The summed E-state index contributed by atoms with van der Waals surface area (Å²) in [6.45, 7) is 0.748. The van der Waals surface area contributed by atoms with E-state index in [0.717, 1.165) is 5.56 Å². The molecular formula is C18H26N2O11P2. The fourth-order valence-electron chi connectivity index (χ4n) is 3.01. The van der Waals surface area contributed by atoms with Crippen LogP contribution in [0.25, 0.3) is 0 Å². The van der Waals surface area contributed by atoms with Crippen LogP contribution in [0, 0.1) is 0 Å². The van der Waals surface area contributed by atoms with E-state index in [0.29, 0.717) is 25.9 Å². The molecule has 1 fully saturated rings. The number of rotatable bonds is 9. The molecule has 1 aromatic rings. The van der Waals surface area contributed by atoms with Gasteiger partial charge in [0.2, 0.25) is 11.4 Å². The van der Waals surface area contributed by atoms with Crippen molar-refractivity contribution in [2.75, 3.05) is 13.1 Å². The zero-order valence-electron chi connectivity index (χ0n) is 17.5. The minimum atomic E-state index is -5.32. The first kappa shape index (κ1) is 27.0. The summed E-state index contributed by atoms with van der Waals surface area (Å²) >= 11 is 0. The maximum atomic E-state index is 12.1. The molecule has 13 nitrogen and oxygen atoms in total. The van der Waals surface area contributed by atoms with Crippen molar-refractivity contribution in [3.05, 3.63) is 35.9 Å². The summed E-state index contributed by atoms with van der Waals surface area (Å²) in [5.74, 6) is -1.89. The average Bonchev–Trinajstić information content (AvgIpc) is 2.74. The van der Waals surface area contributed by atoms with Gasteiger partial charge in [-0.05, 0) is 5.56 Å². The normalized spacial score (nSPS) is 15.2. The summed E-state index contributed by atoms with van der Waals surface area (Å²) < 4.78 is 32.8. The van der Waals surface area contributed by atoms with E-state index in [2.05, 4.69) is 0 Å². The number of nitrogens with zero attached hydrogens (tertiary/aromatic N) is 1. The summed E-state index contributed by atoms with van der Waals surface area (Å²) in [5.41, 5.74) is -1.83. The van der Waals surface area contributed by atoms with Crippen molar-refractivity contribution in [1.29, 1.82) is 0 Å². The second-order valence-corrected chi connectivity index (χ2v) is 11.1. The van der Waals surface area contributed by atoms with Crippen LogP contribution in [0.3, 0.4) is 0 Å². The molecule has 15 heteroatoms. The lowest BCUT2D eigenvalue weighted by Crippen LogP contribution is -2.41. The van der Waals surface area contributed by atoms with Gasteiger partial charge in [0.15, 0.2) is 0 Å². The van der Waals surface area contributed by atoms with Crippen molar-refractivity contribution in [2.24, 2.45) is 0 Å². The summed E-state index contributed by atoms with van der Waals surface area (Å²) in [6.07, 6.45) is -1.30. The number of benzene rings is 1. The molecule has 2 rings (SSSR count). The Morgan fingerprint density at radius 3 is 2.12 bits per heavy atom. The first-order valence-electron chi connectivity index (χ1n) is 9.91. The monoisotopic (exact) mass is 508 g/mol. The van der Waals surface area contributed by atoms with Crippen LogP contribution in [0.4, 0.5) is 4.79 Å². The molecule has 5 N–H and O–H groups in total. The number of amides is 2. The Hall–Kier alpha value is -2.27. The molecule has 0 bridgehead atoms. The molecule has 2 amide bonds.